The van der Waals surface area contributed by atoms with Gasteiger partial charge >= 0.3 is 12.1 Å². The van der Waals surface area contributed by atoms with E-state index < -0.39 is 12.1 Å². The minimum absolute atomic E-state index is 0.0638. The maximum absolute atomic E-state index is 14.4. The SMILES string of the molecule is CC(C)CNC(=O)C1C=C(c2ccc(CN3CCCC3)c(F)c2)C1.O=C(O)C(F)(F)F. The fourth-order valence-electron chi connectivity index (χ4n) is 3.32. The van der Waals surface area contributed by atoms with Crippen LogP contribution in [-0.4, -0.2) is 47.7 Å². The Hall–Kier alpha value is -2.42. The molecule has 0 bridgehead atoms. The molecule has 1 fully saturated rings. The molecule has 3 rings (SSSR count). The number of nitrogens with zero attached hydrogens (tertiary/aromatic N) is 1. The molecule has 31 heavy (non-hydrogen) atoms. The van der Waals surface area contributed by atoms with Crippen molar-refractivity contribution >= 4 is 17.4 Å². The van der Waals surface area contributed by atoms with Crippen molar-refractivity contribution in [3.63, 3.8) is 0 Å². The quantitative estimate of drug-likeness (QED) is 0.645. The van der Waals surface area contributed by atoms with Crippen LogP contribution in [0.2, 0.25) is 0 Å². The van der Waals surface area contributed by atoms with Crippen LogP contribution in [0.3, 0.4) is 0 Å². The zero-order chi connectivity index (χ0) is 23.2. The van der Waals surface area contributed by atoms with Crippen LogP contribution < -0.4 is 5.32 Å². The average Bonchev–Trinajstić information content (AvgIpc) is 3.14. The number of likely N-dealkylation sites (tertiary alicyclic amines) is 1. The number of amides is 1. The number of hydrogen-bond donors (Lipinski definition) is 2. The lowest BCUT2D eigenvalue weighted by Crippen LogP contribution is -2.35. The summed E-state index contributed by atoms with van der Waals surface area (Å²) in [6, 6.07) is 5.51. The molecule has 1 aliphatic carbocycles. The van der Waals surface area contributed by atoms with E-state index in [2.05, 4.69) is 24.1 Å². The molecule has 1 aliphatic heterocycles. The Balaban J connectivity index is 0.000000423. The van der Waals surface area contributed by atoms with Gasteiger partial charge in [0.25, 0.3) is 0 Å². The summed E-state index contributed by atoms with van der Waals surface area (Å²) in [4.78, 5) is 23.2. The van der Waals surface area contributed by atoms with E-state index in [1.807, 2.05) is 18.2 Å². The summed E-state index contributed by atoms with van der Waals surface area (Å²) >= 11 is 0. The van der Waals surface area contributed by atoms with Crippen molar-refractivity contribution in [3.05, 3.63) is 41.2 Å². The maximum Gasteiger partial charge on any atom is 0.490 e. The summed E-state index contributed by atoms with van der Waals surface area (Å²) in [7, 11) is 0. The monoisotopic (exact) mass is 444 g/mol. The molecule has 0 radical (unpaired) electrons. The van der Waals surface area contributed by atoms with Gasteiger partial charge in [0.1, 0.15) is 5.82 Å². The minimum atomic E-state index is -5.08. The summed E-state index contributed by atoms with van der Waals surface area (Å²) in [5, 5.41) is 10.1. The average molecular weight is 444 g/mol. The van der Waals surface area contributed by atoms with Gasteiger partial charge in [0.2, 0.25) is 5.91 Å². The molecule has 2 N–H and O–H groups in total. The normalized spacial score (nSPS) is 18.7. The predicted octanol–water partition coefficient (Wildman–Crippen LogP) is 4.23. The standard InChI is InChI=1S/C20H27FN2O.C2HF3O2/c1-14(2)12-22-20(24)18-9-17(10-18)15-5-6-16(19(21)11-15)13-23-7-3-4-8-23;3-2(4,5)1(6)7/h5-6,9,11,14,18H,3-4,7-8,10,12-13H2,1-2H3,(H,22,24);(H,6,7). The molecule has 1 heterocycles. The van der Waals surface area contributed by atoms with Crippen LogP contribution in [0.4, 0.5) is 17.6 Å². The van der Waals surface area contributed by atoms with E-state index in [1.54, 1.807) is 6.07 Å². The summed E-state index contributed by atoms with van der Waals surface area (Å²) in [6.45, 7) is 7.70. The van der Waals surface area contributed by atoms with Gasteiger partial charge in [-0.15, -0.1) is 0 Å². The summed E-state index contributed by atoms with van der Waals surface area (Å²) in [6.07, 6.45) is 0.0130. The smallest absolute Gasteiger partial charge is 0.475 e. The molecule has 0 saturated carbocycles. The van der Waals surface area contributed by atoms with Crippen molar-refractivity contribution in [1.82, 2.24) is 10.2 Å². The fourth-order valence-corrected chi connectivity index (χ4v) is 3.32. The molecule has 5 nitrogen and oxygen atoms in total. The van der Waals surface area contributed by atoms with Crippen molar-refractivity contribution in [1.29, 1.82) is 0 Å². The summed E-state index contributed by atoms with van der Waals surface area (Å²) < 4.78 is 46.1. The number of nitrogens with one attached hydrogen (secondary N) is 1. The van der Waals surface area contributed by atoms with Crippen molar-refractivity contribution < 1.29 is 32.3 Å². The molecule has 2 aliphatic rings. The largest absolute Gasteiger partial charge is 0.490 e. The summed E-state index contributed by atoms with van der Waals surface area (Å²) in [5.41, 5.74) is 2.75. The van der Waals surface area contributed by atoms with Crippen LogP contribution in [0.5, 0.6) is 0 Å². The number of aliphatic carboxylic acids is 1. The van der Waals surface area contributed by atoms with E-state index in [0.717, 1.165) is 29.8 Å². The second kappa shape index (κ2) is 10.7. The number of alkyl halides is 3. The third-order valence-corrected chi connectivity index (χ3v) is 5.12. The number of rotatable bonds is 6. The lowest BCUT2D eigenvalue weighted by Gasteiger charge is -2.25. The van der Waals surface area contributed by atoms with Crippen molar-refractivity contribution in [2.24, 2.45) is 11.8 Å². The first kappa shape index (κ1) is 24.8. The number of benzene rings is 1. The predicted molar refractivity (Wildman–Crippen MR) is 109 cm³/mol. The van der Waals surface area contributed by atoms with Crippen molar-refractivity contribution in [3.8, 4) is 0 Å². The molecule has 1 unspecified atom stereocenters. The molecular formula is C22H28F4N2O3. The summed E-state index contributed by atoms with van der Waals surface area (Å²) in [5.74, 6) is -2.42. The van der Waals surface area contributed by atoms with Gasteiger partial charge in [-0.1, -0.05) is 32.1 Å². The third kappa shape index (κ3) is 7.65. The minimum Gasteiger partial charge on any atom is -0.475 e. The van der Waals surface area contributed by atoms with Gasteiger partial charge in [-0.3, -0.25) is 9.69 Å². The van der Waals surface area contributed by atoms with Crippen LogP contribution in [0, 0.1) is 17.7 Å². The van der Waals surface area contributed by atoms with Gasteiger partial charge in [0.05, 0.1) is 5.92 Å². The number of carboxylic acid groups (broad SMARTS) is 1. The highest BCUT2D eigenvalue weighted by Gasteiger charge is 2.38. The Morgan fingerprint density at radius 3 is 2.29 bits per heavy atom. The Labute approximate surface area is 179 Å². The Morgan fingerprint density at radius 1 is 1.23 bits per heavy atom. The molecule has 1 atom stereocenters. The van der Waals surface area contributed by atoms with Gasteiger partial charge in [-0.05, 0) is 55.5 Å². The van der Waals surface area contributed by atoms with Crippen LogP contribution in [0.25, 0.3) is 5.57 Å². The van der Waals surface area contributed by atoms with Gasteiger partial charge < -0.3 is 10.4 Å². The van der Waals surface area contributed by atoms with Crippen LogP contribution >= 0.6 is 0 Å². The Bertz CT molecular complexity index is 815. The number of halogens is 4. The molecule has 172 valence electrons. The molecule has 9 heteroatoms. The molecule has 0 aromatic heterocycles. The van der Waals surface area contributed by atoms with Crippen LogP contribution in [0.15, 0.2) is 24.3 Å². The fraction of sp³-hybridized carbons (Fsp3) is 0.545. The Kier molecular flexibility index (Phi) is 8.61. The zero-order valence-electron chi connectivity index (χ0n) is 17.6. The Morgan fingerprint density at radius 2 is 1.81 bits per heavy atom. The highest BCUT2D eigenvalue weighted by atomic mass is 19.4. The first-order valence-corrected chi connectivity index (χ1v) is 10.3. The van der Waals surface area contributed by atoms with Crippen LogP contribution in [-0.2, 0) is 16.1 Å². The first-order valence-electron chi connectivity index (χ1n) is 10.3. The highest BCUT2D eigenvalue weighted by Crippen LogP contribution is 2.35. The maximum atomic E-state index is 14.4. The molecule has 1 aromatic rings. The molecule has 0 spiro atoms. The topological polar surface area (TPSA) is 69.6 Å². The van der Waals surface area contributed by atoms with Gasteiger partial charge in [-0.2, -0.15) is 13.2 Å². The van der Waals surface area contributed by atoms with Gasteiger partial charge in [0.15, 0.2) is 0 Å². The number of allylic oxidation sites excluding steroid dienone is 1. The van der Waals surface area contributed by atoms with E-state index in [9.17, 15) is 22.4 Å². The lowest BCUT2D eigenvalue weighted by atomic mass is 9.81. The van der Waals surface area contributed by atoms with E-state index in [0.29, 0.717) is 25.4 Å². The van der Waals surface area contributed by atoms with Crippen LogP contribution in [0.1, 0.15) is 44.2 Å². The van der Waals surface area contributed by atoms with E-state index >= 15 is 0 Å². The number of carbonyl (C=O) groups is 2. The molecule has 1 amide bonds. The van der Waals surface area contributed by atoms with Crippen molar-refractivity contribution in [2.45, 2.75) is 45.8 Å². The van der Waals surface area contributed by atoms with Gasteiger partial charge in [0, 0.05) is 18.7 Å². The van der Waals surface area contributed by atoms with E-state index in [1.165, 1.54) is 12.8 Å². The van der Waals surface area contributed by atoms with Gasteiger partial charge in [-0.25, -0.2) is 9.18 Å². The number of carboxylic acids is 1. The first-order chi connectivity index (χ1) is 14.5. The zero-order valence-corrected chi connectivity index (χ0v) is 17.6. The second-order valence-corrected chi connectivity index (χ2v) is 8.23. The molecule has 1 aromatic carbocycles. The van der Waals surface area contributed by atoms with Crippen molar-refractivity contribution in [2.75, 3.05) is 19.6 Å². The molecule has 1 saturated heterocycles. The number of hydrogen-bond acceptors (Lipinski definition) is 3. The highest BCUT2D eigenvalue weighted by molar-refractivity contribution is 5.89. The second-order valence-electron chi connectivity index (χ2n) is 8.23. The number of carbonyl (C=O) groups excluding carboxylic acids is 1. The van der Waals surface area contributed by atoms with E-state index in [-0.39, 0.29) is 17.6 Å². The lowest BCUT2D eigenvalue weighted by molar-refractivity contribution is -0.192. The molecular weight excluding hydrogens is 416 g/mol. The van der Waals surface area contributed by atoms with E-state index in [4.69, 9.17) is 9.90 Å². The third-order valence-electron chi connectivity index (χ3n) is 5.12.